The van der Waals surface area contributed by atoms with Gasteiger partial charge in [0, 0.05) is 17.3 Å². The van der Waals surface area contributed by atoms with Crippen molar-refractivity contribution in [3.05, 3.63) is 67.2 Å². The summed E-state index contributed by atoms with van der Waals surface area (Å²) in [5.41, 5.74) is 0.0653. The molecule has 0 bridgehead atoms. The molecule has 2 heterocycles. The summed E-state index contributed by atoms with van der Waals surface area (Å²) in [4.78, 5) is 29.9. The van der Waals surface area contributed by atoms with Crippen molar-refractivity contribution in [2.45, 2.75) is 6.54 Å². The van der Waals surface area contributed by atoms with Crippen LogP contribution in [-0.4, -0.2) is 22.8 Å². The highest BCUT2D eigenvalue weighted by atomic mass is 79.9. The number of thiophene rings is 1. The number of hydrogen-bond donors (Lipinski definition) is 1. The smallest absolute Gasteiger partial charge is 0.270 e. The number of halogens is 1. The number of hydrogen-bond acceptors (Lipinski definition) is 3. The maximum absolute atomic E-state index is 12.5. The summed E-state index contributed by atoms with van der Waals surface area (Å²) in [6, 6.07) is 12.9. The summed E-state index contributed by atoms with van der Waals surface area (Å²) in [5.74, 6) is -0.202. The van der Waals surface area contributed by atoms with Crippen LogP contribution in [0.15, 0.2) is 51.0 Å². The molecular formula is C16H13BrN2O2S. The van der Waals surface area contributed by atoms with Gasteiger partial charge in [0.1, 0.15) is 5.69 Å². The zero-order valence-corrected chi connectivity index (χ0v) is 14.2. The Balaban J connectivity index is 1.89. The lowest BCUT2D eigenvalue weighted by Gasteiger charge is -2.16. The Morgan fingerprint density at radius 2 is 2.05 bits per heavy atom. The highest BCUT2D eigenvalue weighted by molar-refractivity contribution is 9.11. The minimum absolute atomic E-state index is 0.202. The third-order valence-electron chi connectivity index (χ3n) is 3.35. The summed E-state index contributed by atoms with van der Waals surface area (Å²) in [6.07, 6.45) is 0. The van der Waals surface area contributed by atoms with Crippen LogP contribution >= 0.6 is 27.3 Å². The van der Waals surface area contributed by atoms with Crippen molar-refractivity contribution in [1.29, 1.82) is 0 Å². The van der Waals surface area contributed by atoms with Gasteiger partial charge < -0.3 is 9.88 Å². The fraction of sp³-hybridized carbons (Fsp3) is 0.125. The predicted molar refractivity (Wildman–Crippen MR) is 92.4 cm³/mol. The first-order valence-corrected chi connectivity index (χ1v) is 8.27. The van der Waals surface area contributed by atoms with Crippen molar-refractivity contribution in [3.8, 4) is 0 Å². The van der Waals surface area contributed by atoms with Crippen molar-refractivity contribution in [2.24, 2.45) is 0 Å². The molecule has 2 aromatic heterocycles. The van der Waals surface area contributed by atoms with Crippen LogP contribution in [0.2, 0.25) is 0 Å². The maximum atomic E-state index is 12.5. The Labute approximate surface area is 139 Å². The van der Waals surface area contributed by atoms with Crippen LogP contribution in [-0.2, 0) is 6.54 Å². The molecule has 3 rings (SSSR count). The van der Waals surface area contributed by atoms with Crippen molar-refractivity contribution in [2.75, 3.05) is 7.05 Å². The number of pyridine rings is 1. The standard InChI is InChI=1S/C16H13BrN2O2S/c1-19(9-11-6-7-14(17)22-11)16(21)13-8-10-4-2-3-5-12(10)15(20)18-13/h2-8H,9H2,1H3,(H,18,20). The number of carbonyl (C=O) groups is 1. The van der Waals surface area contributed by atoms with E-state index in [9.17, 15) is 9.59 Å². The fourth-order valence-electron chi connectivity index (χ4n) is 2.27. The molecule has 0 saturated carbocycles. The zero-order valence-electron chi connectivity index (χ0n) is 11.8. The number of benzene rings is 1. The van der Waals surface area contributed by atoms with Gasteiger partial charge in [-0.05, 0) is 45.6 Å². The van der Waals surface area contributed by atoms with Crippen LogP contribution in [0.1, 0.15) is 15.4 Å². The molecular weight excluding hydrogens is 364 g/mol. The second-order valence-corrected chi connectivity index (χ2v) is 7.51. The number of amides is 1. The summed E-state index contributed by atoms with van der Waals surface area (Å²) in [7, 11) is 1.73. The molecule has 0 radical (unpaired) electrons. The van der Waals surface area contributed by atoms with Crippen molar-refractivity contribution in [3.63, 3.8) is 0 Å². The fourth-order valence-corrected chi connectivity index (χ4v) is 3.81. The van der Waals surface area contributed by atoms with Gasteiger partial charge in [0.05, 0.1) is 10.3 Å². The lowest BCUT2D eigenvalue weighted by atomic mass is 10.1. The van der Waals surface area contributed by atoms with E-state index in [1.165, 1.54) is 0 Å². The van der Waals surface area contributed by atoms with Crippen molar-refractivity contribution in [1.82, 2.24) is 9.88 Å². The zero-order chi connectivity index (χ0) is 15.7. The molecule has 0 saturated heterocycles. The Hall–Kier alpha value is -1.92. The highest BCUT2D eigenvalue weighted by Crippen LogP contribution is 2.23. The summed E-state index contributed by atoms with van der Waals surface area (Å²) in [6.45, 7) is 0.504. The predicted octanol–water partition coefficient (Wildman–Crippen LogP) is 3.62. The minimum atomic E-state index is -0.242. The number of nitrogens with one attached hydrogen (secondary N) is 1. The van der Waals surface area contributed by atoms with Gasteiger partial charge in [-0.25, -0.2) is 0 Å². The average Bonchev–Trinajstić information content (AvgIpc) is 2.91. The number of rotatable bonds is 3. The van der Waals surface area contributed by atoms with Gasteiger partial charge in [0.25, 0.3) is 11.5 Å². The lowest BCUT2D eigenvalue weighted by molar-refractivity contribution is 0.0780. The van der Waals surface area contributed by atoms with Crippen molar-refractivity contribution >= 4 is 43.9 Å². The van der Waals surface area contributed by atoms with E-state index in [1.807, 2.05) is 24.3 Å². The molecule has 22 heavy (non-hydrogen) atoms. The number of H-pyrrole nitrogens is 1. The van der Waals surface area contributed by atoms with Gasteiger partial charge in [0.15, 0.2) is 0 Å². The molecule has 0 spiro atoms. The summed E-state index contributed by atoms with van der Waals surface area (Å²) < 4.78 is 1.03. The first-order chi connectivity index (χ1) is 10.5. The van der Waals surface area contributed by atoms with Crippen molar-refractivity contribution < 1.29 is 4.79 Å². The van der Waals surface area contributed by atoms with E-state index in [0.29, 0.717) is 17.6 Å². The number of carbonyl (C=O) groups excluding carboxylic acids is 1. The first-order valence-electron chi connectivity index (χ1n) is 6.66. The van der Waals surface area contributed by atoms with Crippen LogP contribution in [0, 0.1) is 0 Å². The third kappa shape index (κ3) is 2.98. The second-order valence-electron chi connectivity index (χ2n) is 4.97. The van der Waals surface area contributed by atoms with E-state index >= 15 is 0 Å². The number of nitrogens with zero attached hydrogens (tertiary/aromatic N) is 1. The SMILES string of the molecule is CN(Cc1ccc(Br)s1)C(=O)c1cc2ccccc2c(=O)[nH]1. The quantitative estimate of drug-likeness (QED) is 0.758. The molecule has 1 aromatic carbocycles. The largest absolute Gasteiger partial charge is 0.335 e. The van der Waals surface area contributed by atoms with E-state index in [0.717, 1.165) is 14.0 Å². The molecule has 0 aliphatic rings. The van der Waals surface area contributed by atoms with Crippen LogP contribution in [0.25, 0.3) is 10.8 Å². The Bertz CT molecular complexity index is 900. The number of aromatic amines is 1. The molecule has 1 N–H and O–H groups in total. The van der Waals surface area contributed by atoms with E-state index < -0.39 is 0 Å². The lowest BCUT2D eigenvalue weighted by Crippen LogP contribution is -2.28. The minimum Gasteiger partial charge on any atom is -0.335 e. The average molecular weight is 377 g/mol. The normalized spacial score (nSPS) is 10.8. The molecule has 0 fully saturated rings. The molecule has 0 aliphatic carbocycles. The van der Waals surface area contributed by atoms with E-state index in [2.05, 4.69) is 20.9 Å². The van der Waals surface area contributed by atoms with Gasteiger partial charge in [0.2, 0.25) is 0 Å². The molecule has 1 amide bonds. The molecule has 6 heteroatoms. The molecule has 0 atom stereocenters. The monoisotopic (exact) mass is 376 g/mol. The Kier molecular flexibility index (Phi) is 4.13. The van der Waals surface area contributed by atoms with Crippen LogP contribution < -0.4 is 5.56 Å². The molecule has 4 nitrogen and oxygen atoms in total. The van der Waals surface area contributed by atoms with E-state index in [4.69, 9.17) is 0 Å². The summed E-state index contributed by atoms with van der Waals surface area (Å²) >= 11 is 4.99. The molecule has 0 unspecified atom stereocenters. The molecule has 3 aromatic rings. The highest BCUT2D eigenvalue weighted by Gasteiger charge is 2.15. The Morgan fingerprint density at radius 1 is 1.27 bits per heavy atom. The second kappa shape index (κ2) is 6.06. The van der Waals surface area contributed by atoms with Gasteiger partial charge in [-0.3, -0.25) is 9.59 Å². The van der Waals surface area contributed by atoms with E-state index in [1.54, 1.807) is 41.5 Å². The third-order valence-corrected chi connectivity index (χ3v) is 4.96. The Morgan fingerprint density at radius 3 is 2.77 bits per heavy atom. The number of aromatic nitrogens is 1. The topological polar surface area (TPSA) is 53.2 Å². The molecule has 112 valence electrons. The van der Waals surface area contributed by atoms with Crippen LogP contribution in [0.3, 0.4) is 0 Å². The molecule has 0 aliphatic heterocycles. The van der Waals surface area contributed by atoms with E-state index in [-0.39, 0.29) is 11.5 Å². The van der Waals surface area contributed by atoms with Gasteiger partial charge in [-0.1, -0.05) is 18.2 Å². The van der Waals surface area contributed by atoms with Gasteiger partial charge in [-0.2, -0.15) is 0 Å². The van der Waals surface area contributed by atoms with Gasteiger partial charge in [-0.15, -0.1) is 11.3 Å². The maximum Gasteiger partial charge on any atom is 0.270 e. The first kappa shape index (κ1) is 15.0. The van der Waals surface area contributed by atoms with Crippen LogP contribution in [0.4, 0.5) is 0 Å². The van der Waals surface area contributed by atoms with Gasteiger partial charge >= 0.3 is 0 Å². The summed E-state index contributed by atoms with van der Waals surface area (Å²) in [5, 5.41) is 1.35. The number of fused-ring (bicyclic) bond motifs is 1. The van der Waals surface area contributed by atoms with Crippen LogP contribution in [0.5, 0.6) is 0 Å².